The average Bonchev–Trinajstić information content (AvgIpc) is 2.73. The van der Waals surface area contributed by atoms with E-state index in [0.29, 0.717) is 11.7 Å². The maximum atomic E-state index is 5.56. The summed E-state index contributed by atoms with van der Waals surface area (Å²) >= 11 is 5.47. The Morgan fingerprint density at radius 3 is 2.71 bits per heavy atom. The first kappa shape index (κ1) is 20.2. The molecule has 1 saturated heterocycles. The van der Waals surface area contributed by atoms with E-state index < -0.39 is 0 Å². The van der Waals surface area contributed by atoms with Crippen molar-refractivity contribution in [1.82, 2.24) is 5.32 Å². The third-order valence-corrected chi connectivity index (χ3v) is 4.80. The molecule has 28 heavy (non-hydrogen) atoms. The molecule has 3 rings (SSSR count). The van der Waals surface area contributed by atoms with Gasteiger partial charge in [0.05, 0.1) is 19.3 Å². The molecule has 0 radical (unpaired) electrons. The van der Waals surface area contributed by atoms with E-state index in [0.717, 1.165) is 37.7 Å². The SMILES string of the molecule is C=CCOc1cccc(NC(=S)NC(C)c2ccc(N3CCOCC3)cc2)c1. The zero-order chi connectivity index (χ0) is 19.8. The number of benzene rings is 2. The fraction of sp³-hybridized carbons (Fsp3) is 0.318. The van der Waals surface area contributed by atoms with Crippen LogP contribution >= 0.6 is 12.2 Å². The minimum Gasteiger partial charge on any atom is -0.489 e. The number of morpholine rings is 1. The molecule has 1 aliphatic heterocycles. The second kappa shape index (κ2) is 10.1. The molecule has 0 aromatic heterocycles. The monoisotopic (exact) mass is 397 g/mol. The highest BCUT2D eigenvalue weighted by molar-refractivity contribution is 7.80. The van der Waals surface area contributed by atoms with Gasteiger partial charge in [0.15, 0.2) is 5.11 Å². The Bertz CT molecular complexity index is 789. The average molecular weight is 398 g/mol. The third-order valence-electron chi connectivity index (χ3n) is 4.58. The normalized spacial score (nSPS) is 14.8. The molecule has 2 N–H and O–H groups in total. The Kier molecular flexibility index (Phi) is 7.28. The van der Waals surface area contributed by atoms with Crippen LogP contribution in [-0.2, 0) is 4.74 Å². The van der Waals surface area contributed by atoms with Crippen LogP contribution in [0.4, 0.5) is 11.4 Å². The molecular formula is C22H27N3O2S. The summed E-state index contributed by atoms with van der Waals surface area (Å²) in [5.74, 6) is 0.777. The first-order valence-corrected chi connectivity index (χ1v) is 9.90. The molecule has 1 aliphatic rings. The molecular weight excluding hydrogens is 370 g/mol. The van der Waals surface area contributed by atoms with E-state index in [1.54, 1.807) is 6.08 Å². The van der Waals surface area contributed by atoms with E-state index in [4.69, 9.17) is 21.7 Å². The van der Waals surface area contributed by atoms with Crippen LogP contribution in [0.2, 0.25) is 0 Å². The Morgan fingerprint density at radius 2 is 2.00 bits per heavy atom. The summed E-state index contributed by atoms with van der Waals surface area (Å²) in [6, 6.07) is 16.4. The van der Waals surface area contributed by atoms with Crippen LogP contribution < -0.4 is 20.3 Å². The van der Waals surface area contributed by atoms with Crippen molar-refractivity contribution in [2.45, 2.75) is 13.0 Å². The lowest BCUT2D eigenvalue weighted by atomic mass is 10.1. The highest BCUT2D eigenvalue weighted by Gasteiger charge is 2.12. The number of anilines is 2. The van der Waals surface area contributed by atoms with E-state index in [1.165, 1.54) is 11.3 Å². The van der Waals surface area contributed by atoms with Gasteiger partial charge in [0, 0.05) is 30.5 Å². The number of hydrogen-bond donors (Lipinski definition) is 2. The molecule has 0 amide bonds. The molecule has 1 atom stereocenters. The lowest BCUT2D eigenvalue weighted by Crippen LogP contribution is -2.36. The predicted molar refractivity (Wildman–Crippen MR) is 119 cm³/mol. The van der Waals surface area contributed by atoms with E-state index in [1.807, 2.05) is 24.3 Å². The quantitative estimate of drug-likeness (QED) is 0.541. The summed E-state index contributed by atoms with van der Waals surface area (Å²) in [7, 11) is 0. The second-order valence-corrected chi connectivity index (χ2v) is 7.05. The fourth-order valence-electron chi connectivity index (χ4n) is 3.06. The fourth-order valence-corrected chi connectivity index (χ4v) is 3.36. The van der Waals surface area contributed by atoms with Gasteiger partial charge in [0.2, 0.25) is 0 Å². The van der Waals surface area contributed by atoms with E-state index in [9.17, 15) is 0 Å². The molecule has 0 aliphatic carbocycles. The number of rotatable bonds is 7. The van der Waals surface area contributed by atoms with Crippen molar-refractivity contribution in [1.29, 1.82) is 0 Å². The van der Waals surface area contributed by atoms with E-state index in [-0.39, 0.29) is 6.04 Å². The van der Waals surface area contributed by atoms with Crippen LogP contribution in [0.25, 0.3) is 0 Å². The Hall–Kier alpha value is -2.57. The Labute approximate surface area is 172 Å². The predicted octanol–water partition coefficient (Wildman–Crippen LogP) is 4.14. The number of nitrogens with zero attached hydrogens (tertiary/aromatic N) is 1. The van der Waals surface area contributed by atoms with Gasteiger partial charge < -0.3 is 25.0 Å². The molecule has 6 heteroatoms. The van der Waals surface area contributed by atoms with Crippen molar-refractivity contribution < 1.29 is 9.47 Å². The smallest absolute Gasteiger partial charge is 0.171 e. The molecule has 5 nitrogen and oxygen atoms in total. The number of thiocarbonyl (C=S) groups is 1. The lowest BCUT2D eigenvalue weighted by molar-refractivity contribution is 0.122. The first-order chi connectivity index (χ1) is 13.7. The van der Waals surface area contributed by atoms with Gasteiger partial charge in [-0.15, -0.1) is 0 Å². The summed E-state index contributed by atoms with van der Waals surface area (Å²) in [6.45, 7) is 9.70. The van der Waals surface area contributed by atoms with Crippen molar-refractivity contribution in [3.8, 4) is 5.75 Å². The van der Waals surface area contributed by atoms with Gasteiger partial charge in [-0.3, -0.25) is 0 Å². The van der Waals surface area contributed by atoms with Crippen molar-refractivity contribution in [2.24, 2.45) is 0 Å². The zero-order valence-electron chi connectivity index (χ0n) is 16.2. The third kappa shape index (κ3) is 5.71. The van der Waals surface area contributed by atoms with Crippen LogP contribution in [0.3, 0.4) is 0 Å². The Morgan fingerprint density at radius 1 is 1.25 bits per heavy atom. The summed E-state index contributed by atoms with van der Waals surface area (Å²) in [5.41, 5.74) is 3.30. The van der Waals surface area contributed by atoms with Gasteiger partial charge in [0.25, 0.3) is 0 Å². The molecule has 148 valence electrons. The summed E-state index contributed by atoms with van der Waals surface area (Å²) in [4.78, 5) is 2.35. The maximum absolute atomic E-state index is 5.56. The summed E-state index contributed by atoms with van der Waals surface area (Å²) in [6.07, 6.45) is 1.72. The van der Waals surface area contributed by atoms with Crippen molar-refractivity contribution in [3.63, 3.8) is 0 Å². The molecule has 2 aromatic carbocycles. The molecule has 0 bridgehead atoms. The van der Waals surface area contributed by atoms with Gasteiger partial charge in [-0.25, -0.2) is 0 Å². The minimum atomic E-state index is 0.0962. The van der Waals surface area contributed by atoms with E-state index in [2.05, 4.69) is 53.3 Å². The topological polar surface area (TPSA) is 45.8 Å². The maximum Gasteiger partial charge on any atom is 0.171 e. The highest BCUT2D eigenvalue weighted by atomic mass is 32.1. The van der Waals surface area contributed by atoms with Crippen LogP contribution in [0.1, 0.15) is 18.5 Å². The van der Waals surface area contributed by atoms with Gasteiger partial charge in [-0.1, -0.05) is 30.9 Å². The van der Waals surface area contributed by atoms with Crippen molar-refractivity contribution in [3.05, 3.63) is 66.7 Å². The lowest BCUT2D eigenvalue weighted by Gasteiger charge is -2.29. The minimum absolute atomic E-state index is 0.0962. The molecule has 1 unspecified atom stereocenters. The zero-order valence-corrected chi connectivity index (χ0v) is 17.0. The van der Waals surface area contributed by atoms with Crippen LogP contribution in [-0.4, -0.2) is 38.0 Å². The van der Waals surface area contributed by atoms with Gasteiger partial charge >= 0.3 is 0 Å². The van der Waals surface area contributed by atoms with Crippen LogP contribution in [0.15, 0.2) is 61.2 Å². The molecule has 1 heterocycles. The van der Waals surface area contributed by atoms with E-state index >= 15 is 0 Å². The van der Waals surface area contributed by atoms with Gasteiger partial charge in [-0.2, -0.15) is 0 Å². The second-order valence-electron chi connectivity index (χ2n) is 6.64. The number of hydrogen-bond acceptors (Lipinski definition) is 4. The first-order valence-electron chi connectivity index (χ1n) is 9.49. The number of nitrogens with one attached hydrogen (secondary N) is 2. The van der Waals surface area contributed by atoms with Gasteiger partial charge in [0.1, 0.15) is 12.4 Å². The summed E-state index contributed by atoms with van der Waals surface area (Å²) < 4.78 is 11.0. The van der Waals surface area contributed by atoms with Crippen LogP contribution in [0.5, 0.6) is 5.75 Å². The molecule has 0 saturated carbocycles. The van der Waals surface area contributed by atoms with Gasteiger partial charge in [-0.05, 0) is 49.0 Å². The molecule has 1 fully saturated rings. The highest BCUT2D eigenvalue weighted by Crippen LogP contribution is 2.21. The Balaban J connectivity index is 1.54. The molecule has 0 spiro atoms. The van der Waals surface area contributed by atoms with Crippen molar-refractivity contribution in [2.75, 3.05) is 43.1 Å². The van der Waals surface area contributed by atoms with Crippen LogP contribution in [0, 0.1) is 0 Å². The summed E-state index contributed by atoms with van der Waals surface area (Å²) in [5, 5.41) is 7.13. The standard InChI is InChI=1S/C22H27N3O2S/c1-3-13-27-21-6-4-5-19(16-21)24-22(28)23-17(2)18-7-9-20(10-8-18)25-11-14-26-15-12-25/h3-10,16-17H,1,11-15H2,2H3,(H2,23,24,28). The molecule has 2 aromatic rings. The van der Waals surface area contributed by atoms with Crippen molar-refractivity contribution >= 4 is 28.7 Å². The number of ether oxygens (including phenoxy) is 2. The largest absolute Gasteiger partial charge is 0.489 e.